The van der Waals surface area contributed by atoms with E-state index in [1.54, 1.807) is 21.4 Å². The Morgan fingerprint density at radius 3 is 0.993 bits per heavy atom. The largest absolute Gasteiger partial charge is 0.450 e. The van der Waals surface area contributed by atoms with Gasteiger partial charge in [-0.1, -0.05) is 419 Å². The summed E-state index contributed by atoms with van der Waals surface area (Å²) in [6, 6.07) is 152. The van der Waals surface area contributed by atoms with Crippen LogP contribution in [-0.2, 0) is 26.3 Å². The minimum Gasteiger partial charge on any atom is -0.450 e. The van der Waals surface area contributed by atoms with Gasteiger partial charge in [0.05, 0.1) is 54.2 Å². The van der Waals surface area contributed by atoms with Gasteiger partial charge in [-0.25, -0.2) is 12.4 Å². The Labute approximate surface area is 788 Å². The summed E-state index contributed by atoms with van der Waals surface area (Å²) in [5, 5.41) is 10.3. The SMILES string of the molecule is O=S1(=O)c2ccccc2-c2cccc3c4ccc5c(c4n1c23)-c1ccccc1C51c2ccccc2-c2ccccc21.O=c1c2oc(-c3ccccc3)cc2c2cccc3c4ccc5c(c4n1c23)-c1ccccc1C51c2ccccc2-c2ccccc21.O=c1c2sc(-c3ccccc3)c(-c3ccccc3)c2c2cccc3c4ccc5c(c4n1c32)-c1ccccc1C51c2ccccc2-c2ccccc21. The van der Waals surface area contributed by atoms with E-state index in [0.29, 0.717) is 16.2 Å². The van der Waals surface area contributed by atoms with Crippen molar-refractivity contribution in [1.29, 1.82) is 0 Å². The molecule has 7 aliphatic rings. The summed E-state index contributed by atoms with van der Waals surface area (Å²) in [7, 11) is -3.85. The molecule has 8 nitrogen and oxygen atoms in total. The molecule has 0 N–H and O–H groups in total. The summed E-state index contributed by atoms with van der Waals surface area (Å²) in [4.78, 5) is 31.6. The van der Waals surface area contributed by atoms with Crippen LogP contribution in [0.25, 0.3) is 208 Å². The molecule has 8 heterocycles. The first-order valence-corrected chi connectivity index (χ1v) is 49.0. The van der Waals surface area contributed by atoms with Gasteiger partial charge < -0.3 is 4.42 Å². The van der Waals surface area contributed by atoms with Gasteiger partial charge in [-0.15, -0.1) is 11.3 Å². The Kier molecular flexibility index (Phi) is 14.8. The molecule has 10 heteroatoms. The zero-order chi connectivity index (χ0) is 90.0. The predicted octanol–water partition coefficient (Wildman–Crippen LogP) is 30.1. The predicted molar refractivity (Wildman–Crippen MR) is 558 cm³/mol. The van der Waals surface area contributed by atoms with Crippen molar-refractivity contribution in [3.05, 3.63) is 518 Å². The molecule has 19 aromatic carbocycles. The number of pyridine rings is 2. The first-order chi connectivity index (χ1) is 67.7. The lowest BCUT2D eigenvalue weighted by Crippen LogP contribution is -2.25. The van der Waals surface area contributed by atoms with Crippen LogP contribution in [0.2, 0.25) is 0 Å². The molecule has 0 saturated carbocycles. The molecule has 3 spiro atoms. The van der Waals surface area contributed by atoms with Gasteiger partial charge in [0.2, 0.25) is 5.58 Å². The molecule has 26 aromatic rings. The number of fused-ring (bicyclic) bond motifs is 48. The molecule has 636 valence electrons. The molecule has 1 aliphatic heterocycles. The maximum Gasteiger partial charge on any atom is 0.299 e. The highest BCUT2D eigenvalue weighted by atomic mass is 32.2. The van der Waals surface area contributed by atoms with Crippen molar-refractivity contribution < 1.29 is 12.8 Å². The maximum atomic E-state index is 15.4. The molecule has 0 radical (unpaired) electrons. The van der Waals surface area contributed by atoms with Crippen LogP contribution in [0.5, 0.6) is 0 Å². The van der Waals surface area contributed by atoms with Gasteiger partial charge in [-0.05, 0) is 140 Å². The van der Waals surface area contributed by atoms with Crippen LogP contribution in [-0.4, -0.2) is 21.2 Å². The van der Waals surface area contributed by atoms with Gasteiger partial charge in [-0.3, -0.25) is 18.4 Å². The summed E-state index contributed by atoms with van der Waals surface area (Å²) in [6.45, 7) is 0. The normalized spacial score (nSPS) is 14.5. The number of thiophene rings is 1. The molecule has 33 rings (SSSR count). The summed E-state index contributed by atoms with van der Waals surface area (Å²) in [5.74, 6) is 0.703. The van der Waals surface area contributed by atoms with E-state index in [-0.39, 0.29) is 11.1 Å². The summed E-state index contributed by atoms with van der Waals surface area (Å²) in [5.41, 5.74) is 39.7. The molecule has 137 heavy (non-hydrogen) atoms. The monoisotopic (exact) mass is 1780 g/mol. The lowest BCUT2D eigenvalue weighted by atomic mass is 9.70. The molecule has 0 saturated heterocycles. The highest BCUT2D eigenvalue weighted by Gasteiger charge is 2.57. The third-order valence-electron chi connectivity index (χ3n) is 31.5. The second-order valence-corrected chi connectivity index (χ2v) is 40.2. The van der Waals surface area contributed by atoms with Gasteiger partial charge in [0.1, 0.15) is 10.5 Å². The topological polar surface area (TPSA) is 95.2 Å². The van der Waals surface area contributed by atoms with Crippen LogP contribution >= 0.6 is 11.3 Å². The Morgan fingerprint density at radius 1 is 0.234 bits per heavy atom. The molecule has 0 atom stereocenters. The van der Waals surface area contributed by atoms with Crippen LogP contribution in [0.3, 0.4) is 0 Å². The van der Waals surface area contributed by atoms with E-state index in [2.05, 4.69) is 362 Å². The number of hydrogen-bond acceptors (Lipinski definition) is 6. The van der Waals surface area contributed by atoms with Gasteiger partial charge in [0, 0.05) is 97.7 Å². The van der Waals surface area contributed by atoms with Crippen molar-refractivity contribution in [1.82, 2.24) is 12.8 Å². The lowest BCUT2D eigenvalue weighted by molar-refractivity contribution is 0.590. The van der Waals surface area contributed by atoms with E-state index in [1.165, 1.54) is 106 Å². The van der Waals surface area contributed by atoms with Gasteiger partial charge >= 0.3 is 0 Å². The second kappa shape index (κ2) is 26.9. The van der Waals surface area contributed by atoms with E-state index >= 15 is 4.79 Å². The Balaban J connectivity index is 0.0000000960. The number of para-hydroxylation sites is 3. The van der Waals surface area contributed by atoms with Gasteiger partial charge in [0.25, 0.3) is 21.1 Å². The first kappa shape index (κ1) is 75.4. The Morgan fingerprint density at radius 2 is 0.547 bits per heavy atom. The fraction of sp³-hybridized carbons (Fsp3) is 0.0236. The summed E-state index contributed by atoms with van der Waals surface area (Å²) < 4.78 is 42.0. The third kappa shape index (κ3) is 9.12. The number of furan rings is 1. The number of benzene rings is 19. The molecular formula is C127H71N3O5S2. The van der Waals surface area contributed by atoms with E-state index in [0.717, 1.165) is 158 Å². The summed E-state index contributed by atoms with van der Waals surface area (Å²) >= 11 is 1.63. The maximum absolute atomic E-state index is 15.4. The van der Waals surface area contributed by atoms with Crippen molar-refractivity contribution in [2.24, 2.45) is 0 Å². The summed E-state index contributed by atoms with van der Waals surface area (Å²) in [6.07, 6.45) is 0. The highest BCUT2D eigenvalue weighted by molar-refractivity contribution is 7.90. The molecule has 0 amide bonds. The number of aromatic nitrogens is 3. The molecule has 0 unspecified atom stereocenters. The van der Waals surface area contributed by atoms with Crippen molar-refractivity contribution >= 4 is 119 Å². The standard InChI is InChI=1S/C48H27NOS.C42H23NO2.C37H21NO2S/c50-47-46-42(40(28-14-3-1-4-15-28)45(51-46)29-16-5-2-6-17-29)35-22-13-21-32-33-26-27-39-41(44(33)49(47)43(32)35)34-20-9-12-25-38(34)48(39)36-23-10-7-18-30(36)31-19-8-11-24-37(31)48;44-41-40-31(23-36(45-40)24-11-2-1-3-12-24)28-17-10-16-27-29-21-22-35-37(39(29)43(41)38(27)28)30-15-6-9-20-34(30)42(35)32-18-7-4-13-25(32)26-14-5-8-19-33(26)42;39-41(40)33-19-8-4-12-24(33)25-14-9-15-26-27-20-21-32-34(36(27)38(41)35(25)26)28-13-3-7-18-31(28)37(32)29-16-5-1-10-22(29)23-11-2-6-17-30(23)37/h1-27H;1-23H;1-21H. The Bertz CT molecular complexity index is 10100. The minimum absolute atomic E-state index is 0.0483. The van der Waals surface area contributed by atoms with Crippen LogP contribution in [0.4, 0.5) is 0 Å². The van der Waals surface area contributed by atoms with Crippen LogP contribution < -0.4 is 11.1 Å². The zero-order valence-corrected chi connectivity index (χ0v) is 74.8. The molecule has 0 fully saturated rings. The van der Waals surface area contributed by atoms with E-state index in [9.17, 15) is 13.2 Å². The average molecular weight is 1780 g/mol. The quantitative estimate of drug-likeness (QED) is 0.176. The first-order valence-electron chi connectivity index (χ1n) is 46.8. The average Bonchev–Trinajstić information content (AvgIpc) is 1.50. The minimum atomic E-state index is -3.85. The smallest absolute Gasteiger partial charge is 0.299 e. The Hall–Kier alpha value is -17.2. The zero-order valence-electron chi connectivity index (χ0n) is 73.2. The van der Waals surface area contributed by atoms with Gasteiger partial charge in [-0.2, -0.15) is 0 Å². The fourth-order valence-corrected chi connectivity index (χ4v) is 29.7. The molecular weight excluding hydrogens is 1710 g/mol. The number of nitrogens with zero attached hydrogens (tertiary/aromatic N) is 3. The van der Waals surface area contributed by atoms with E-state index in [4.69, 9.17) is 4.42 Å². The number of hydrogen-bond donors (Lipinski definition) is 0. The van der Waals surface area contributed by atoms with Crippen molar-refractivity contribution in [2.75, 3.05) is 0 Å². The number of rotatable bonds is 3. The van der Waals surface area contributed by atoms with Crippen molar-refractivity contribution in [3.8, 4) is 111 Å². The van der Waals surface area contributed by atoms with Crippen LogP contribution in [0.15, 0.2) is 450 Å². The molecule has 7 aromatic heterocycles. The highest BCUT2D eigenvalue weighted by Crippen LogP contribution is 2.69. The third-order valence-corrected chi connectivity index (χ3v) is 34.5. The second-order valence-electron chi connectivity index (χ2n) is 37.4. The van der Waals surface area contributed by atoms with E-state index < -0.39 is 26.3 Å². The van der Waals surface area contributed by atoms with Crippen molar-refractivity contribution in [2.45, 2.75) is 21.1 Å². The van der Waals surface area contributed by atoms with Crippen LogP contribution in [0.1, 0.15) is 66.8 Å². The lowest BCUT2D eigenvalue weighted by Gasteiger charge is -2.30. The fourth-order valence-electron chi connectivity index (χ4n) is 26.6. The molecule has 6 aliphatic carbocycles. The van der Waals surface area contributed by atoms with E-state index in [1.807, 2.05) is 71.1 Å². The molecule has 0 bridgehead atoms. The van der Waals surface area contributed by atoms with Crippen molar-refractivity contribution in [3.63, 3.8) is 0 Å². The van der Waals surface area contributed by atoms with Gasteiger partial charge in [0.15, 0.2) is 0 Å². The van der Waals surface area contributed by atoms with Crippen LogP contribution in [0, 0.1) is 0 Å².